The van der Waals surface area contributed by atoms with Crippen molar-refractivity contribution in [2.45, 2.75) is 57.6 Å². The lowest BCUT2D eigenvalue weighted by Gasteiger charge is -2.36. The van der Waals surface area contributed by atoms with Crippen LogP contribution in [0.4, 0.5) is 4.79 Å². The van der Waals surface area contributed by atoms with Gasteiger partial charge in [0.25, 0.3) is 0 Å². The number of fused-ring (bicyclic) bond motifs is 3. The van der Waals surface area contributed by atoms with Crippen molar-refractivity contribution in [1.29, 1.82) is 0 Å². The van der Waals surface area contributed by atoms with E-state index in [4.69, 9.17) is 21.1 Å². The molecule has 4 rings (SSSR count). The van der Waals surface area contributed by atoms with Crippen molar-refractivity contribution >= 4 is 29.8 Å². The average Bonchev–Trinajstić information content (AvgIpc) is 3.22. The van der Waals surface area contributed by atoms with Crippen LogP contribution >= 0.6 is 11.6 Å². The van der Waals surface area contributed by atoms with E-state index in [-0.39, 0.29) is 43.4 Å². The van der Waals surface area contributed by atoms with E-state index in [2.05, 4.69) is 17.1 Å². The number of nitrogens with zero attached hydrogens (tertiary/aromatic N) is 1. The van der Waals surface area contributed by atoms with Gasteiger partial charge in [-0.15, -0.1) is 11.6 Å². The summed E-state index contributed by atoms with van der Waals surface area (Å²) in [4.78, 5) is 18.4. The summed E-state index contributed by atoms with van der Waals surface area (Å²) in [5.41, 5.74) is 2.44. The highest BCUT2D eigenvalue weighted by Crippen LogP contribution is 2.34. The van der Waals surface area contributed by atoms with Gasteiger partial charge in [-0.25, -0.2) is 4.79 Å². The normalized spacial score (nSPS) is 19.5. The maximum Gasteiger partial charge on any atom is 0.410 e. The van der Waals surface area contributed by atoms with Crippen LogP contribution in [0.2, 0.25) is 0 Å². The Morgan fingerprint density at radius 2 is 1.97 bits per heavy atom. The SMILES string of the molecule is CCC(CO)(CO)COc1ccc([C@H]2c3[nH]c4c(c3CCN2C(=O)OC(C)C)=CC(Cl)CC=4)cc1. The molecule has 1 aliphatic heterocycles. The average molecular weight is 503 g/mol. The van der Waals surface area contributed by atoms with Gasteiger partial charge in [0.2, 0.25) is 0 Å². The van der Waals surface area contributed by atoms with Gasteiger partial charge in [-0.1, -0.05) is 31.2 Å². The van der Waals surface area contributed by atoms with Crippen molar-refractivity contribution in [2.75, 3.05) is 26.4 Å². The van der Waals surface area contributed by atoms with Gasteiger partial charge in [0.15, 0.2) is 0 Å². The van der Waals surface area contributed by atoms with Gasteiger partial charge in [-0.3, -0.25) is 4.90 Å². The molecule has 0 saturated carbocycles. The predicted molar refractivity (Wildman–Crippen MR) is 136 cm³/mol. The molecule has 1 aromatic carbocycles. The van der Waals surface area contributed by atoms with Crippen molar-refractivity contribution in [3.8, 4) is 5.75 Å². The van der Waals surface area contributed by atoms with Crippen LogP contribution in [0.1, 0.15) is 56.5 Å². The first-order valence-corrected chi connectivity index (χ1v) is 12.7. The number of ether oxygens (including phenoxy) is 2. The molecular weight excluding hydrogens is 468 g/mol. The third-order valence-corrected chi connectivity index (χ3v) is 7.33. The van der Waals surface area contributed by atoms with Gasteiger partial charge in [0.05, 0.1) is 36.7 Å². The van der Waals surface area contributed by atoms with Gasteiger partial charge in [-0.2, -0.15) is 0 Å². The molecule has 2 heterocycles. The summed E-state index contributed by atoms with van der Waals surface area (Å²) in [6.07, 6.45) is 5.76. The van der Waals surface area contributed by atoms with Crippen LogP contribution in [-0.4, -0.2) is 64.0 Å². The molecule has 0 saturated heterocycles. The second-order valence-electron chi connectivity index (χ2n) is 9.77. The second kappa shape index (κ2) is 10.6. The molecule has 0 bridgehead atoms. The van der Waals surface area contributed by atoms with Crippen LogP contribution in [0, 0.1) is 5.41 Å². The highest BCUT2D eigenvalue weighted by molar-refractivity contribution is 6.24. The molecule has 35 heavy (non-hydrogen) atoms. The quantitative estimate of drug-likeness (QED) is 0.482. The first-order valence-electron chi connectivity index (χ1n) is 12.3. The molecule has 7 nitrogen and oxygen atoms in total. The van der Waals surface area contributed by atoms with E-state index in [1.54, 1.807) is 4.90 Å². The fraction of sp³-hybridized carbons (Fsp3) is 0.519. The zero-order valence-corrected chi connectivity index (χ0v) is 21.3. The Kier molecular flexibility index (Phi) is 7.79. The van der Waals surface area contributed by atoms with Gasteiger partial charge in [0.1, 0.15) is 11.8 Å². The third kappa shape index (κ3) is 5.22. The number of hydrogen-bond donors (Lipinski definition) is 3. The Bertz CT molecular complexity index is 1150. The number of rotatable bonds is 8. The number of carbonyl (C=O) groups excluding carboxylic acids is 1. The van der Waals surface area contributed by atoms with E-state index in [9.17, 15) is 15.0 Å². The molecular formula is C27H35ClN2O5. The third-order valence-electron chi connectivity index (χ3n) is 7.02. The molecule has 1 amide bonds. The molecule has 0 radical (unpaired) electrons. The van der Waals surface area contributed by atoms with Crippen molar-refractivity contribution in [3.63, 3.8) is 0 Å². The molecule has 8 heteroatoms. The van der Waals surface area contributed by atoms with Crippen molar-refractivity contribution in [1.82, 2.24) is 9.88 Å². The molecule has 0 spiro atoms. The van der Waals surface area contributed by atoms with Crippen molar-refractivity contribution in [3.05, 3.63) is 51.7 Å². The summed E-state index contributed by atoms with van der Waals surface area (Å²) in [6, 6.07) is 7.30. The molecule has 0 fully saturated rings. The Hall–Kier alpha value is -2.48. The van der Waals surface area contributed by atoms with Gasteiger partial charge in [0, 0.05) is 22.8 Å². The lowest BCUT2D eigenvalue weighted by atomic mass is 9.88. The van der Waals surface area contributed by atoms with Crippen LogP contribution in [0.15, 0.2) is 24.3 Å². The molecule has 1 unspecified atom stereocenters. The number of halogens is 1. The number of H-pyrrole nitrogens is 1. The number of benzene rings is 1. The number of aromatic amines is 1. The van der Waals surface area contributed by atoms with Crippen LogP contribution in [-0.2, 0) is 11.2 Å². The Morgan fingerprint density at radius 3 is 2.60 bits per heavy atom. The molecule has 2 aromatic rings. The Balaban J connectivity index is 1.67. The van der Waals surface area contributed by atoms with Crippen molar-refractivity contribution < 1.29 is 24.5 Å². The lowest BCUT2D eigenvalue weighted by Crippen LogP contribution is -2.42. The van der Waals surface area contributed by atoms with E-state index in [1.807, 2.05) is 45.0 Å². The maximum absolute atomic E-state index is 13.1. The largest absolute Gasteiger partial charge is 0.493 e. The first-order chi connectivity index (χ1) is 16.8. The zero-order chi connectivity index (χ0) is 25.2. The van der Waals surface area contributed by atoms with Gasteiger partial charge >= 0.3 is 6.09 Å². The summed E-state index contributed by atoms with van der Waals surface area (Å²) in [7, 11) is 0. The van der Waals surface area contributed by atoms with Gasteiger partial charge < -0.3 is 24.7 Å². The molecule has 1 aliphatic carbocycles. The minimum Gasteiger partial charge on any atom is -0.493 e. The lowest BCUT2D eigenvalue weighted by molar-refractivity contribution is 0.0114. The highest BCUT2D eigenvalue weighted by Gasteiger charge is 2.36. The first kappa shape index (κ1) is 25.6. The Morgan fingerprint density at radius 1 is 1.26 bits per heavy atom. The molecule has 2 aliphatic rings. The number of hydrogen-bond acceptors (Lipinski definition) is 5. The summed E-state index contributed by atoms with van der Waals surface area (Å²) >= 11 is 6.41. The predicted octanol–water partition coefficient (Wildman–Crippen LogP) is 2.84. The smallest absolute Gasteiger partial charge is 0.410 e. The summed E-state index contributed by atoms with van der Waals surface area (Å²) in [5.74, 6) is 0.637. The molecule has 3 N–H and O–H groups in total. The standard InChI is InChI=1S/C27H35ClN2O5/c1-4-27(14-31,15-32)16-34-20-8-5-18(6-9-20)25-24-21(11-12-30(25)26(33)35-17(2)3)22-13-19(28)7-10-23(22)29-24/h5-6,8-10,13,17,19,25,29,31-32H,4,7,11-12,14-16H2,1-3H3/t19?,25-/m0/s1. The highest BCUT2D eigenvalue weighted by atomic mass is 35.5. The van der Waals surface area contributed by atoms with Crippen LogP contribution < -0.4 is 15.3 Å². The number of aliphatic hydroxyl groups is 2. The zero-order valence-electron chi connectivity index (χ0n) is 20.6. The van der Waals surface area contributed by atoms with E-state index in [1.165, 1.54) is 5.56 Å². The summed E-state index contributed by atoms with van der Waals surface area (Å²) in [6.45, 7) is 6.07. The van der Waals surface area contributed by atoms with E-state index in [0.717, 1.165) is 34.7 Å². The second-order valence-corrected chi connectivity index (χ2v) is 10.3. The fourth-order valence-corrected chi connectivity index (χ4v) is 4.92. The summed E-state index contributed by atoms with van der Waals surface area (Å²) in [5, 5.41) is 21.5. The minimum atomic E-state index is -0.676. The number of nitrogens with one attached hydrogen (secondary N) is 1. The van der Waals surface area contributed by atoms with Crippen molar-refractivity contribution in [2.24, 2.45) is 5.41 Å². The molecule has 2 atom stereocenters. The maximum atomic E-state index is 13.1. The number of alkyl halides is 1. The minimum absolute atomic E-state index is 0.0331. The number of aromatic nitrogens is 1. The fourth-order valence-electron chi connectivity index (χ4n) is 4.71. The van der Waals surface area contributed by atoms with Crippen LogP contribution in [0.5, 0.6) is 5.75 Å². The van der Waals surface area contributed by atoms with E-state index in [0.29, 0.717) is 18.7 Å². The van der Waals surface area contributed by atoms with Gasteiger partial charge in [-0.05, 0) is 56.4 Å². The monoisotopic (exact) mass is 502 g/mol. The molecule has 190 valence electrons. The van der Waals surface area contributed by atoms with Crippen LogP contribution in [0.3, 0.4) is 0 Å². The van der Waals surface area contributed by atoms with Crippen LogP contribution in [0.25, 0.3) is 12.2 Å². The number of aliphatic hydroxyl groups excluding tert-OH is 2. The topological polar surface area (TPSA) is 95.0 Å². The number of amides is 1. The number of carbonyl (C=O) groups is 1. The van der Waals surface area contributed by atoms with E-state index < -0.39 is 5.41 Å². The van der Waals surface area contributed by atoms with E-state index >= 15 is 0 Å². The molecule has 1 aromatic heterocycles. The summed E-state index contributed by atoms with van der Waals surface area (Å²) < 4.78 is 11.5. The Labute approximate surface area is 211 Å².